The van der Waals surface area contributed by atoms with Gasteiger partial charge in [-0.1, -0.05) is 0 Å². The number of rotatable bonds is 2. The molecule has 0 amide bonds. The molecule has 2 atom stereocenters. The third kappa shape index (κ3) is 2.61. The number of hydrogen-bond acceptors (Lipinski definition) is 4. The van der Waals surface area contributed by atoms with Gasteiger partial charge in [0.1, 0.15) is 0 Å². The molecule has 0 spiro atoms. The summed E-state index contributed by atoms with van der Waals surface area (Å²) in [6.07, 6.45) is -0.356. The van der Waals surface area contributed by atoms with E-state index in [0.717, 1.165) is 5.56 Å². The lowest BCUT2D eigenvalue weighted by Gasteiger charge is -2.34. The van der Waals surface area contributed by atoms with Crippen LogP contribution in [0.2, 0.25) is 0 Å². The maximum absolute atomic E-state index is 11.3. The highest BCUT2D eigenvalue weighted by atomic mass is 32.2. The first-order chi connectivity index (χ1) is 7.47. The Balaban J connectivity index is 2.18. The Kier molecular flexibility index (Phi) is 3.32. The van der Waals surface area contributed by atoms with Gasteiger partial charge in [0.2, 0.25) is 0 Å². The van der Waals surface area contributed by atoms with Gasteiger partial charge in [0, 0.05) is 13.1 Å². The summed E-state index contributed by atoms with van der Waals surface area (Å²) >= 11 is 1.56. The molecule has 2 rings (SSSR count). The minimum absolute atomic E-state index is 0.142. The summed E-state index contributed by atoms with van der Waals surface area (Å²) < 4.78 is 29.6. The fourth-order valence-corrected chi connectivity index (χ4v) is 3.23. The average Bonchev–Trinajstić information content (AvgIpc) is 2.68. The number of morpholine rings is 1. The van der Waals surface area contributed by atoms with Crippen molar-refractivity contribution in [3.63, 3.8) is 0 Å². The molecule has 1 fully saturated rings. The Labute approximate surface area is 99.0 Å². The van der Waals surface area contributed by atoms with Crippen LogP contribution >= 0.6 is 11.3 Å². The van der Waals surface area contributed by atoms with Crippen LogP contribution in [0.3, 0.4) is 0 Å². The van der Waals surface area contributed by atoms with Crippen molar-refractivity contribution < 1.29 is 13.2 Å². The van der Waals surface area contributed by atoms with E-state index in [0.29, 0.717) is 13.1 Å². The summed E-state index contributed by atoms with van der Waals surface area (Å²) in [5, 5.41) is 9.04. The minimum atomic E-state index is -3.63. The molecule has 0 aliphatic carbocycles. The van der Waals surface area contributed by atoms with Gasteiger partial charge in [0.05, 0.1) is 12.2 Å². The Morgan fingerprint density at radius 2 is 2.31 bits per heavy atom. The lowest BCUT2D eigenvalue weighted by molar-refractivity contribution is -0.0555. The quantitative estimate of drug-likeness (QED) is 0.853. The molecule has 0 saturated carbocycles. The van der Waals surface area contributed by atoms with Gasteiger partial charge in [-0.2, -0.15) is 24.1 Å². The fraction of sp³-hybridized carbons (Fsp3) is 0.556. The molecule has 90 valence electrons. The van der Waals surface area contributed by atoms with Gasteiger partial charge < -0.3 is 4.74 Å². The Morgan fingerprint density at radius 1 is 1.56 bits per heavy atom. The Bertz CT molecular complexity index is 443. The van der Waals surface area contributed by atoms with Crippen molar-refractivity contribution in [2.45, 2.75) is 19.1 Å². The molecule has 1 aromatic heterocycles. The molecule has 0 radical (unpaired) electrons. The first kappa shape index (κ1) is 12.0. The molecule has 1 aliphatic heterocycles. The number of ether oxygens (including phenoxy) is 1. The lowest BCUT2D eigenvalue weighted by Crippen LogP contribution is -2.48. The van der Waals surface area contributed by atoms with E-state index in [1.807, 2.05) is 23.8 Å². The van der Waals surface area contributed by atoms with Crippen LogP contribution in [0.5, 0.6) is 0 Å². The maximum atomic E-state index is 11.3. The van der Waals surface area contributed by atoms with Crippen LogP contribution in [0, 0.1) is 0 Å². The van der Waals surface area contributed by atoms with E-state index in [9.17, 15) is 8.42 Å². The zero-order chi connectivity index (χ0) is 11.8. The molecular weight excluding hydrogens is 248 g/mol. The highest BCUT2D eigenvalue weighted by molar-refractivity contribution is 7.86. The number of nitrogens with zero attached hydrogens (tertiary/aromatic N) is 1. The summed E-state index contributed by atoms with van der Waals surface area (Å²) in [4.78, 5) is 0. The summed E-state index contributed by atoms with van der Waals surface area (Å²) in [5.74, 6) is 0. The molecule has 0 aromatic carbocycles. The topological polar surface area (TPSA) is 72.6 Å². The Morgan fingerprint density at radius 3 is 2.88 bits per heavy atom. The van der Waals surface area contributed by atoms with Crippen molar-refractivity contribution in [1.82, 2.24) is 4.31 Å². The van der Waals surface area contributed by atoms with Crippen LogP contribution in [0.25, 0.3) is 0 Å². The SMILES string of the molecule is C[C@@H]1CN(S(N)(=O)=O)C[C@H](c2ccsc2)O1. The van der Waals surface area contributed by atoms with E-state index in [-0.39, 0.29) is 12.2 Å². The molecule has 0 unspecified atom stereocenters. The monoisotopic (exact) mass is 262 g/mol. The molecular formula is C9H14N2O3S2. The van der Waals surface area contributed by atoms with Gasteiger partial charge in [-0.15, -0.1) is 0 Å². The van der Waals surface area contributed by atoms with E-state index >= 15 is 0 Å². The zero-order valence-electron chi connectivity index (χ0n) is 8.87. The second-order valence-corrected chi connectivity index (χ2v) is 6.18. The highest BCUT2D eigenvalue weighted by Crippen LogP contribution is 2.27. The standard InChI is InChI=1S/C9H14N2O3S2/c1-7-4-11(16(10,12)13)5-9(14-7)8-2-3-15-6-8/h2-3,6-7,9H,4-5H2,1H3,(H2,10,12,13)/t7-,9-/m1/s1. The predicted octanol–water partition coefficient (Wildman–Crippen LogP) is 0.713. The summed E-state index contributed by atoms with van der Waals surface area (Å²) in [6.45, 7) is 2.45. The third-order valence-corrected chi connectivity index (χ3v) is 4.22. The molecule has 1 aliphatic rings. The van der Waals surface area contributed by atoms with Crippen LogP contribution in [0.15, 0.2) is 16.8 Å². The average molecular weight is 262 g/mol. The van der Waals surface area contributed by atoms with Gasteiger partial charge in [0.25, 0.3) is 10.2 Å². The van der Waals surface area contributed by atoms with Crippen molar-refractivity contribution in [3.8, 4) is 0 Å². The third-order valence-electron chi connectivity index (χ3n) is 2.50. The van der Waals surface area contributed by atoms with Crippen molar-refractivity contribution in [2.24, 2.45) is 5.14 Å². The molecule has 2 N–H and O–H groups in total. The van der Waals surface area contributed by atoms with Crippen molar-refractivity contribution in [3.05, 3.63) is 22.4 Å². The van der Waals surface area contributed by atoms with Gasteiger partial charge in [-0.3, -0.25) is 0 Å². The highest BCUT2D eigenvalue weighted by Gasteiger charge is 2.31. The number of thiophene rings is 1. The van der Waals surface area contributed by atoms with Crippen LogP contribution < -0.4 is 5.14 Å². The second-order valence-electron chi connectivity index (χ2n) is 3.85. The maximum Gasteiger partial charge on any atom is 0.277 e. The van der Waals surface area contributed by atoms with Gasteiger partial charge in [-0.05, 0) is 29.3 Å². The summed E-state index contributed by atoms with van der Waals surface area (Å²) in [5.41, 5.74) is 1.00. The zero-order valence-corrected chi connectivity index (χ0v) is 10.5. The molecule has 1 saturated heterocycles. The molecule has 1 aromatic rings. The molecule has 7 heteroatoms. The van der Waals surface area contributed by atoms with Gasteiger partial charge >= 0.3 is 0 Å². The minimum Gasteiger partial charge on any atom is -0.368 e. The van der Waals surface area contributed by atoms with Gasteiger partial charge in [0.15, 0.2) is 0 Å². The normalized spacial score (nSPS) is 28.1. The molecule has 0 bridgehead atoms. The first-order valence-electron chi connectivity index (χ1n) is 4.92. The van der Waals surface area contributed by atoms with E-state index in [1.54, 1.807) is 11.3 Å². The molecule has 2 heterocycles. The van der Waals surface area contributed by atoms with E-state index < -0.39 is 10.2 Å². The lowest BCUT2D eigenvalue weighted by atomic mass is 10.1. The Hall–Kier alpha value is -0.470. The van der Waals surface area contributed by atoms with Crippen LogP contribution in [-0.4, -0.2) is 31.9 Å². The predicted molar refractivity (Wildman–Crippen MR) is 62.3 cm³/mol. The van der Waals surface area contributed by atoms with Gasteiger partial charge in [-0.25, -0.2) is 5.14 Å². The summed E-state index contributed by atoms with van der Waals surface area (Å²) in [7, 11) is -3.63. The van der Waals surface area contributed by atoms with Crippen LogP contribution in [0.1, 0.15) is 18.6 Å². The summed E-state index contributed by atoms with van der Waals surface area (Å²) in [6, 6.07) is 1.94. The molecule has 16 heavy (non-hydrogen) atoms. The van der Waals surface area contributed by atoms with Crippen molar-refractivity contribution in [1.29, 1.82) is 0 Å². The largest absolute Gasteiger partial charge is 0.368 e. The number of hydrogen-bond donors (Lipinski definition) is 1. The van der Waals surface area contributed by atoms with Crippen molar-refractivity contribution in [2.75, 3.05) is 13.1 Å². The smallest absolute Gasteiger partial charge is 0.277 e. The van der Waals surface area contributed by atoms with Crippen LogP contribution in [-0.2, 0) is 14.9 Å². The fourth-order valence-electron chi connectivity index (χ4n) is 1.76. The first-order valence-corrected chi connectivity index (χ1v) is 7.37. The van der Waals surface area contributed by atoms with E-state index in [1.165, 1.54) is 4.31 Å². The van der Waals surface area contributed by atoms with Crippen molar-refractivity contribution >= 4 is 21.5 Å². The van der Waals surface area contributed by atoms with E-state index in [4.69, 9.17) is 9.88 Å². The van der Waals surface area contributed by atoms with Crippen LogP contribution in [0.4, 0.5) is 0 Å². The number of nitrogens with two attached hydrogens (primary N) is 1. The second kappa shape index (κ2) is 4.42. The molecule has 5 nitrogen and oxygen atoms in total. The van der Waals surface area contributed by atoms with E-state index in [2.05, 4.69) is 0 Å².